The van der Waals surface area contributed by atoms with Crippen molar-refractivity contribution in [3.05, 3.63) is 59.2 Å². The van der Waals surface area contributed by atoms with Gasteiger partial charge in [-0.2, -0.15) is 5.26 Å². The minimum atomic E-state index is -0.149. The van der Waals surface area contributed by atoms with E-state index in [-0.39, 0.29) is 23.8 Å². The summed E-state index contributed by atoms with van der Waals surface area (Å²) in [5.41, 5.74) is 2.05. The molecule has 1 N–H and O–H groups in total. The predicted octanol–water partition coefficient (Wildman–Crippen LogP) is 3.31. The molecular weight excluding hydrogens is 394 g/mol. The quantitative estimate of drug-likeness (QED) is 0.773. The van der Waals surface area contributed by atoms with Crippen LogP contribution in [0.4, 0.5) is 0 Å². The van der Waals surface area contributed by atoms with Crippen molar-refractivity contribution in [3.63, 3.8) is 0 Å². The molecule has 0 aliphatic carbocycles. The highest BCUT2D eigenvalue weighted by molar-refractivity contribution is 5.95. The number of piperidine rings is 1. The Bertz CT molecular complexity index is 951. The number of methoxy groups -OCH3 is 2. The van der Waals surface area contributed by atoms with Gasteiger partial charge in [-0.25, -0.2) is 0 Å². The Morgan fingerprint density at radius 3 is 2.16 bits per heavy atom. The molecule has 7 heteroatoms. The average molecular weight is 421 g/mol. The van der Waals surface area contributed by atoms with E-state index in [1.54, 1.807) is 49.5 Å². The predicted molar refractivity (Wildman–Crippen MR) is 116 cm³/mol. The van der Waals surface area contributed by atoms with E-state index in [1.807, 2.05) is 19.1 Å². The van der Waals surface area contributed by atoms with Gasteiger partial charge in [-0.1, -0.05) is 12.1 Å². The number of nitriles is 1. The van der Waals surface area contributed by atoms with Gasteiger partial charge in [-0.05, 0) is 49.6 Å². The number of ether oxygens (including phenoxy) is 2. The highest BCUT2D eigenvalue weighted by Gasteiger charge is 2.29. The second-order valence-electron chi connectivity index (χ2n) is 7.63. The van der Waals surface area contributed by atoms with Gasteiger partial charge < -0.3 is 19.7 Å². The zero-order chi connectivity index (χ0) is 22.4. The molecule has 0 bridgehead atoms. The summed E-state index contributed by atoms with van der Waals surface area (Å²) in [6.07, 6.45) is 1.22. The molecule has 0 saturated carbocycles. The number of hydrogen-bond acceptors (Lipinski definition) is 5. The summed E-state index contributed by atoms with van der Waals surface area (Å²) in [6.45, 7) is 2.96. The van der Waals surface area contributed by atoms with Crippen molar-refractivity contribution in [2.24, 2.45) is 5.92 Å². The van der Waals surface area contributed by atoms with E-state index < -0.39 is 0 Å². The van der Waals surface area contributed by atoms with Crippen LogP contribution in [-0.4, -0.2) is 44.0 Å². The van der Waals surface area contributed by atoms with E-state index in [2.05, 4.69) is 11.4 Å². The van der Waals surface area contributed by atoms with E-state index in [0.717, 1.165) is 5.56 Å². The normalized spacial score (nSPS) is 15.0. The fraction of sp³-hybridized carbons (Fsp3) is 0.375. The molecule has 0 radical (unpaired) electrons. The maximum absolute atomic E-state index is 12.9. The highest BCUT2D eigenvalue weighted by Crippen LogP contribution is 2.26. The van der Waals surface area contributed by atoms with Crippen LogP contribution in [0.3, 0.4) is 0 Å². The monoisotopic (exact) mass is 421 g/mol. The largest absolute Gasteiger partial charge is 0.497 e. The summed E-state index contributed by atoms with van der Waals surface area (Å²) in [6, 6.07) is 14.3. The Hall–Kier alpha value is -3.53. The van der Waals surface area contributed by atoms with Crippen LogP contribution >= 0.6 is 0 Å². The fourth-order valence-electron chi connectivity index (χ4n) is 3.72. The lowest BCUT2D eigenvalue weighted by atomic mass is 9.94. The van der Waals surface area contributed by atoms with Crippen LogP contribution in [-0.2, 0) is 4.79 Å². The molecular formula is C24H27N3O4. The summed E-state index contributed by atoms with van der Waals surface area (Å²) in [7, 11) is 3.10. The number of carbonyl (C=O) groups is 2. The molecule has 2 amide bonds. The Morgan fingerprint density at radius 2 is 1.65 bits per heavy atom. The van der Waals surface area contributed by atoms with Gasteiger partial charge in [-0.3, -0.25) is 9.59 Å². The SMILES string of the molecule is COc1cc(OC)cc(C(=O)N2CCC(C(=O)NC(C)c3ccc(C#N)cc3)CC2)c1. The zero-order valence-corrected chi connectivity index (χ0v) is 18.1. The molecule has 0 aromatic heterocycles. The van der Waals surface area contributed by atoms with Crippen molar-refractivity contribution in [3.8, 4) is 17.6 Å². The van der Waals surface area contributed by atoms with Gasteiger partial charge in [-0.15, -0.1) is 0 Å². The highest BCUT2D eigenvalue weighted by atomic mass is 16.5. The summed E-state index contributed by atoms with van der Waals surface area (Å²) >= 11 is 0. The van der Waals surface area contributed by atoms with Crippen LogP contribution in [0.2, 0.25) is 0 Å². The van der Waals surface area contributed by atoms with E-state index in [4.69, 9.17) is 14.7 Å². The van der Waals surface area contributed by atoms with Crippen molar-refractivity contribution in [1.82, 2.24) is 10.2 Å². The number of rotatable bonds is 6. The summed E-state index contributed by atoms with van der Waals surface area (Å²) in [5.74, 6) is 0.890. The van der Waals surface area contributed by atoms with Crippen molar-refractivity contribution >= 4 is 11.8 Å². The number of nitrogens with zero attached hydrogens (tertiary/aromatic N) is 2. The maximum Gasteiger partial charge on any atom is 0.254 e. The zero-order valence-electron chi connectivity index (χ0n) is 18.1. The molecule has 7 nitrogen and oxygen atoms in total. The third-order valence-corrected chi connectivity index (χ3v) is 5.65. The first kappa shape index (κ1) is 22.2. The lowest BCUT2D eigenvalue weighted by Gasteiger charge is -2.32. The minimum Gasteiger partial charge on any atom is -0.497 e. The minimum absolute atomic E-state index is 0.00740. The molecule has 1 heterocycles. The van der Waals surface area contributed by atoms with Gasteiger partial charge in [0.15, 0.2) is 0 Å². The maximum atomic E-state index is 12.9. The van der Waals surface area contributed by atoms with E-state index in [9.17, 15) is 9.59 Å². The molecule has 1 aliphatic heterocycles. The van der Waals surface area contributed by atoms with Crippen LogP contribution < -0.4 is 14.8 Å². The van der Waals surface area contributed by atoms with Gasteiger partial charge >= 0.3 is 0 Å². The lowest BCUT2D eigenvalue weighted by Crippen LogP contribution is -2.43. The van der Waals surface area contributed by atoms with Gasteiger partial charge in [0.1, 0.15) is 11.5 Å². The summed E-state index contributed by atoms with van der Waals surface area (Å²) in [4.78, 5) is 27.4. The Kier molecular flexibility index (Phi) is 7.14. The van der Waals surface area contributed by atoms with Gasteiger partial charge in [0.05, 0.1) is 31.9 Å². The van der Waals surface area contributed by atoms with E-state index in [0.29, 0.717) is 48.6 Å². The van der Waals surface area contributed by atoms with E-state index >= 15 is 0 Å². The number of likely N-dealkylation sites (tertiary alicyclic amines) is 1. The third kappa shape index (κ3) is 5.34. The molecule has 1 fully saturated rings. The Labute approximate surface area is 182 Å². The van der Waals surface area contributed by atoms with Crippen molar-refractivity contribution in [2.45, 2.75) is 25.8 Å². The van der Waals surface area contributed by atoms with Gasteiger partial charge in [0, 0.05) is 30.6 Å². The Morgan fingerprint density at radius 1 is 1.06 bits per heavy atom. The topological polar surface area (TPSA) is 91.7 Å². The molecule has 2 aromatic carbocycles. The number of hydrogen-bond donors (Lipinski definition) is 1. The Balaban J connectivity index is 1.56. The fourth-order valence-corrected chi connectivity index (χ4v) is 3.72. The number of carbonyl (C=O) groups excluding carboxylic acids is 2. The lowest BCUT2D eigenvalue weighted by molar-refractivity contribution is -0.126. The number of amides is 2. The van der Waals surface area contributed by atoms with Crippen LogP contribution in [0, 0.1) is 17.2 Å². The number of benzene rings is 2. The van der Waals surface area contributed by atoms with Crippen LogP contribution in [0.15, 0.2) is 42.5 Å². The first-order valence-electron chi connectivity index (χ1n) is 10.3. The molecule has 162 valence electrons. The molecule has 2 aromatic rings. The van der Waals surface area contributed by atoms with Crippen LogP contribution in [0.25, 0.3) is 0 Å². The van der Waals surface area contributed by atoms with Crippen LogP contribution in [0.1, 0.15) is 47.3 Å². The molecule has 0 spiro atoms. The van der Waals surface area contributed by atoms with E-state index in [1.165, 1.54) is 0 Å². The molecule has 1 saturated heterocycles. The molecule has 31 heavy (non-hydrogen) atoms. The molecule has 1 aliphatic rings. The van der Waals surface area contributed by atoms with Crippen LogP contribution in [0.5, 0.6) is 11.5 Å². The molecule has 1 atom stereocenters. The standard InChI is InChI=1S/C24H27N3O4/c1-16(18-6-4-17(15-25)5-7-18)26-23(28)19-8-10-27(11-9-19)24(29)20-12-21(30-2)14-22(13-20)31-3/h4-7,12-14,16,19H,8-11H2,1-3H3,(H,26,28). The first-order chi connectivity index (χ1) is 14.9. The third-order valence-electron chi connectivity index (χ3n) is 5.65. The molecule has 3 rings (SSSR count). The first-order valence-corrected chi connectivity index (χ1v) is 10.3. The smallest absolute Gasteiger partial charge is 0.254 e. The van der Waals surface area contributed by atoms with Gasteiger partial charge in [0.2, 0.25) is 5.91 Å². The van der Waals surface area contributed by atoms with Crippen molar-refractivity contribution in [1.29, 1.82) is 5.26 Å². The number of nitrogens with one attached hydrogen (secondary N) is 1. The molecule has 1 unspecified atom stereocenters. The second-order valence-corrected chi connectivity index (χ2v) is 7.63. The van der Waals surface area contributed by atoms with Gasteiger partial charge in [0.25, 0.3) is 5.91 Å². The summed E-state index contributed by atoms with van der Waals surface area (Å²) < 4.78 is 10.5. The van der Waals surface area contributed by atoms with Crippen molar-refractivity contribution in [2.75, 3.05) is 27.3 Å². The average Bonchev–Trinajstić information content (AvgIpc) is 2.83. The second kappa shape index (κ2) is 9.98. The van der Waals surface area contributed by atoms with Crippen molar-refractivity contribution < 1.29 is 19.1 Å². The summed E-state index contributed by atoms with van der Waals surface area (Å²) in [5, 5.41) is 12.0.